The fourth-order valence-electron chi connectivity index (χ4n) is 1.46. The van der Waals surface area contributed by atoms with Crippen molar-refractivity contribution in [1.29, 1.82) is 0 Å². The molecular formula is C14H24N2S. The van der Waals surface area contributed by atoms with Crippen LogP contribution in [0.2, 0.25) is 0 Å². The lowest BCUT2D eigenvalue weighted by molar-refractivity contribution is 0.431. The molecule has 0 amide bonds. The van der Waals surface area contributed by atoms with E-state index < -0.39 is 0 Å². The van der Waals surface area contributed by atoms with Crippen LogP contribution in [-0.2, 0) is 6.42 Å². The van der Waals surface area contributed by atoms with Crippen molar-refractivity contribution in [1.82, 2.24) is 10.3 Å². The van der Waals surface area contributed by atoms with Gasteiger partial charge in [-0.15, -0.1) is 11.3 Å². The van der Waals surface area contributed by atoms with Gasteiger partial charge in [-0.05, 0) is 47.6 Å². The van der Waals surface area contributed by atoms with Crippen molar-refractivity contribution in [2.45, 2.75) is 53.0 Å². The van der Waals surface area contributed by atoms with Crippen molar-refractivity contribution in [3.05, 3.63) is 27.7 Å². The molecule has 0 fully saturated rings. The van der Waals surface area contributed by atoms with Gasteiger partial charge in [0.05, 0.1) is 10.7 Å². The number of nitrogens with zero attached hydrogens (tertiary/aromatic N) is 1. The fourth-order valence-corrected chi connectivity index (χ4v) is 2.37. The molecule has 0 aromatic carbocycles. The Morgan fingerprint density at radius 1 is 1.24 bits per heavy atom. The van der Waals surface area contributed by atoms with Crippen LogP contribution in [0.15, 0.2) is 12.2 Å². The summed E-state index contributed by atoms with van der Waals surface area (Å²) < 4.78 is 0. The van der Waals surface area contributed by atoms with Gasteiger partial charge < -0.3 is 5.32 Å². The number of aromatic nitrogens is 1. The summed E-state index contributed by atoms with van der Waals surface area (Å²) in [5, 5.41) is 4.69. The molecule has 1 aromatic heterocycles. The normalized spacial score (nSPS) is 12.5. The molecule has 0 unspecified atom stereocenters. The molecule has 96 valence electrons. The van der Waals surface area contributed by atoms with E-state index in [0.29, 0.717) is 0 Å². The molecule has 0 aliphatic carbocycles. The van der Waals surface area contributed by atoms with E-state index in [1.165, 1.54) is 15.6 Å². The zero-order valence-electron chi connectivity index (χ0n) is 11.6. The number of rotatable bonds is 5. The van der Waals surface area contributed by atoms with E-state index in [1.807, 2.05) is 0 Å². The summed E-state index contributed by atoms with van der Waals surface area (Å²) in [4.78, 5) is 5.85. The Hall–Kier alpha value is -0.670. The third kappa shape index (κ3) is 5.99. The minimum Gasteiger partial charge on any atom is -0.312 e. The van der Waals surface area contributed by atoms with Crippen LogP contribution in [-0.4, -0.2) is 17.1 Å². The summed E-state index contributed by atoms with van der Waals surface area (Å²) in [6, 6.07) is 0. The van der Waals surface area contributed by atoms with Gasteiger partial charge >= 0.3 is 0 Å². The van der Waals surface area contributed by atoms with Gasteiger partial charge in [0.1, 0.15) is 0 Å². The van der Waals surface area contributed by atoms with Gasteiger partial charge in [0, 0.05) is 16.8 Å². The van der Waals surface area contributed by atoms with Crippen LogP contribution < -0.4 is 5.32 Å². The summed E-state index contributed by atoms with van der Waals surface area (Å²) >= 11 is 1.80. The highest BCUT2D eigenvalue weighted by atomic mass is 32.1. The topological polar surface area (TPSA) is 24.9 Å². The molecule has 0 bridgehead atoms. The quantitative estimate of drug-likeness (QED) is 0.639. The van der Waals surface area contributed by atoms with Crippen LogP contribution in [0.25, 0.3) is 0 Å². The molecule has 0 aliphatic rings. The Morgan fingerprint density at radius 2 is 1.94 bits per heavy atom. The summed E-state index contributed by atoms with van der Waals surface area (Å²) in [6.07, 6.45) is 6.52. The van der Waals surface area contributed by atoms with Crippen molar-refractivity contribution in [2.24, 2.45) is 0 Å². The highest BCUT2D eigenvalue weighted by Crippen LogP contribution is 2.16. The predicted octanol–water partition coefficient (Wildman–Crippen LogP) is 3.64. The highest BCUT2D eigenvalue weighted by molar-refractivity contribution is 7.11. The lowest BCUT2D eigenvalue weighted by Crippen LogP contribution is -2.36. The zero-order chi connectivity index (χ0) is 12.9. The lowest BCUT2D eigenvalue weighted by atomic mass is 10.1. The maximum Gasteiger partial charge on any atom is 0.0968 e. The highest BCUT2D eigenvalue weighted by Gasteiger charge is 2.06. The Morgan fingerprint density at radius 3 is 2.47 bits per heavy atom. The average molecular weight is 252 g/mol. The Balaban J connectivity index is 2.22. The zero-order valence-corrected chi connectivity index (χ0v) is 12.4. The summed E-state index contributed by atoms with van der Waals surface area (Å²) in [7, 11) is 0. The monoisotopic (exact) mass is 252 g/mol. The average Bonchev–Trinajstić information content (AvgIpc) is 2.50. The molecule has 0 radical (unpaired) electrons. The van der Waals surface area contributed by atoms with E-state index in [1.54, 1.807) is 11.3 Å². The first-order chi connectivity index (χ1) is 7.88. The molecule has 0 atom stereocenters. The minimum absolute atomic E-state index is 0.220. The van der Waals surface area contributed by atoms with Crippen LogP contribution in [0, 0.1) is 13.8 Å². The molecule has 17 heavy (non-hydrogen) atoms. The van der Waals surface area contributed by atoms with Crippen molar-refractivity contribution in [3.63, 3.8) is 0 Å². The van der Waals surface area contributed by atoms with Gasteiger partial charge in [-0.2, -0.15) is 0 Å². The first kappa shape index (κ1) is 14.4. The van der Waals surface area contributed by atoms with E-state index in [9.17, 15) is 0 Å². The maximum absolute atomic E-state index is 4.52. The standard InChI is InChI=1S/C14H24N2S/c1-11-12(2)17-13(16-11)9-7-6-8-10-15-14(3,4)5/h6-7,15H,8-10H2,1-5H3. The fraction of sp³-hybridized carbons (Fsp3) is 0.643. The second kappa shape index (κ2) is 6.31. The first-order valence-corrected chi connectivity index (χ1v) is 7.03. The maximum atomic E-state index is 4.52. The van der Waals surface area contributed by atoms with Crippen LogP contribution >= 0.6 is 11.3 Å². The number of nitrogens with one attached hydrogen (secondary N) is 1. The number of hydrogen-bond donors (Lipinski definition) is 1. The Labute approximate surface area is 109 Å². The van der Waals surface area contributed by atoms with E-state index >= 15 is 0 Å². The molecule has 0 spiro atoms. The van der Waals surface area contributed by atoms with Gasteiger partial charge in [-0.3, -0.25) is 0 Å². The van der Waals surface area contributed by atoms with Gasteiger partial charge in [0.25, 0.3) is 0 Å². The Bertz CT molecular complexity index is 353. The number of allylic oxidation sites excluding steroid dienone is 1. The van der Waals surface area contributed by atoms with Crippen molar-refractivity contribution in [3.8, 4) is 0 Å². The smallest absolute Gasteiger partial charge is 0.0968 e. The molecular weight excluding hydrogens is 228 g/mol. The van der Waals surface area contributed by atoms with E-state index in [-0.39, 0.29) is 5.54 Å². The van der Waals surface area contributed by atoms with Gasteiger partial charge in [0.2, 0.25) is 0 Å². The third-order valence-corrected chi connectivity index (χ3v) is 3.59. The van der Waals surface area contributed by atoms with Gasteiger partial charge in [0.15, 0.2) is 0 Å². The van der Waals surface area contributed by atoms with E-state index in [4.69, 9.17) is 0 Å². The van der Waals surface area contributed by atoms with Crippen molar-refractivity contribution in [2.75, 3.05) is 6.54 Å². The molecule has 0 aliphatic heterocycles. The second-order valence-electron chi connectivity index (χ2n) is 5.39. The number of aryl methyl sites for hydroxylation is 2. The molecule has 1 N–H and O–H groups in total. The first-order valence-electron chi connectivity index (χ1n) is 6.21. The molecule has 1 rings (SSSR count). The lowest BCUT2D eigenvalue weighted by Gasteiger charge is -2.19. The summed E-state index contributed by atoms with van der Waals surface area (Å²) in [5.74, 6) is 0. The largest absolute Gasteiger partial charge is 0.312 e. The molecule has 1 aromatic rings. The third-order valence-electron chi connectivity index (χ3n) is 2.50. The minimum atomic E-state index is 0.220. The predicted molar refractivity (Wildman–Crippen MR) is 76.8 cm³/mol. The van der Waals surface area contributed by atoms with Crippen molar-refractivity contribution >= 4 is 11.3 Å². The van der Waals surface area contributed by atoms with Crippen LogP contribution in [0.5, 0.6) is 0 Å². The molecule has 3 heteroatoms. The Kier molecular flexibility index (Phi) is 5.34. The summed E-state index contributed by atoms with van der Waals surface area (Å²) in [6.45, 7) is 11.8. The van der Waals surface area contributed by atoms with Crippen LogP contribution in [0.3, 0.4) is 0 Å². The SMILES string of the molecule is Cc1nc(CC=CCCNC(C)(C)C)sc1C. The van der Waals surface area contributed by atoms with Crippen molar-refractivity contribution < 1.29 is 0 Å². The molecule has 1 heterocycles. The summed E-state index contributed by atoms with van der Waals surface area (Å²) in [5.41, 5.74) is 1.39. The van der Waals surface area contributed by atoms with E-state index in [0.717, 1.165) is 19.4 Å². The van der Waals surface area contributed by atoms with E-state index in [2.05, 4.69) is 57.1 Å². The molecule has 0 saturated carbocycles. The van der Waals surface area contributed by atoms with Gasteiger partial charge in [-0.25, -0.2) is 4.98 Å². The molecule has 2 nitrogen and oxygen atoms in total. The van der Waals surface area contributed by atoms with Gasteiger partial charge in [-0.1, -0.05) is 12.2 Å². The second-order valence-corrected chi connectivity index (χ2v) is 6.68. The van der Waals surface area contributed by atoms with Crippen LogP contribution in [0.4, 0.5) is 0 Å². The number of hydrogen-bond acceptors (Lipinski definition) is 3. The van der Waals surface area contributed by atoms with Crippen LogP contribution in [0.1, 0.15) is 42.8 Å². The molecule has 0 saturated heterocycles. The number of thiazole rings is 1.